The highest BCUT2D eigenvalue weighted by Crippen LogP contribution is 2.33. The lowest BCUT2D eigenvalue weighted by Gasteiger charge is -2.08. The number of rotatable bonds is 3. The topological polar surface area (TPSA) is 65.3 Å². The smallest absolute Gasteiger partial charge is 0.311 e. The van der Waals surface area contributed by atoms with Crippen molar-refractivity contribution in [3.63, 3.8) is 0 Å². The molecule has 6 heteroatoms. The van der Waals surface area contributed by atoms with Crippen LogP contribution in [-0.4, -0.2) is 9.91 Å². The summed E-state index contributed by atoms with van der Waals surface area (Å²) in [5.41, 5.74) is 1.61. The van der Waals surface area contributed by atoms with Crippen molar-refractivity contribution in [1.82, 2.24) is 4.98 Å². The second kappa shape index (κ2) is 5.36. The molecule has 2 rings (SSSR count). The Bertz CT molecular complexity index is 644. The predicted molar refractivity (Wildman–Crippen MR) is 74.6 cm³/mol. The number of nitro benzene ring substituents is 1. The van der Waals surface area contributed by atoms with Crippen LogP contribution in [-0.2, 0) is 0 Å². The third-order valence-electron chi connectivity index (χ3n) is 2.52. The van der Waals surface area contributed by atoms with Crippen molar-refractivity contribution in [2.24, 2.45) is 0 Å². The van der Waals surface area contributed by atoms with Gasteiger partial charge in [-0.25, -0.2) is 4.98 Å². The van der Waals surface area contributed by atoms with Gasteiger partial charge in [0.1, 0.15) is 0 Å². The van der Waals surface area contributed by atoms with Gasteiger partial charge in [-0.15, -0.1) is 0 Å². The molecule has 0 N–H and O–H groups in total. The van der Waals surface area contributed by atoms with E-state index in [1.165, 1.54) is 6.07 Å². The maximum atomic E-state index is 11.0. The minimum absolute atomic E-state index is 0.0743. The highest BCUT2D eigenvalue weighted by molar-refractivity contribution is 9.10. The van der Waals surface area contributed by atoms with Gasteiger partial charge in [0.05, 0.1) is 4.92 Å². The third-order valence-corrected chi connectivity index (χ3v) is 2.95. The van der Waals surface area contributed by atoms with Crippen LogP contribution < -0.4 is 4.74 Å². The summed E-state index contributed by atoms with van der Waals surface area (Å²) in [4.78, 5) is 14.6. The van der Waals surface area contributed by atoms with Gasteiger partial charge in [-0.3, -0.25) is 10.1 Å². The molecule has 0 amide bonds. The molecule has 0 saturated heterocycles. The summed E-state index contributed by atoms with van der Waals surface area (Å²) in [6.07, 6.45) is 1.59. The van der Waals surface area contributed by atoms with E-state index in [1.807, 2.05) is 19.9 Å². The minimum atomic E-state index is -0.469. The van der Waals surface area contributed by atoms with Gasteiger partial charge < -0.3 is 4.74 Å². The molecule has 0 unspecified atom stereocenters. The molecule has 2 aromatic rings. The normalized spacial score (nSPS) is 10.3. The first-order valence-corrected chi connectivity index (χ1v) is 6.31. The Morgan fingerprint density at radius 2 is 2.05 bits per heavy atom. The van der Waals surface area contributed by atoms with Crippen molar-refractivity contribution >= 4 is 21.6 Å². The van der Waals surface area contributed by atoms with Crippen molar-refractivity contribution in [1.29, 1.82) is 0 Å². The van der Waals surface area contributed by atoms with Crippen LogP contribution in [0.3, 0.4) is 0 Å². The largest absolute Gasteiger partial charge is 0.432 e. The van der Waals surface area contributed by atoms with Gasteiger partial charge >= 0.3 is 5.69 Å². The van der Waals surface area contributed by atoms with E-state index < -0.39 is 4.92 Å². The molecule has 98 valence electrons. The molecule has 0 aliphatic rings. The van der Waals surface area contributed by atoms with Gasteiger partial charge in [0, 0.05) is 22.3 Å². The zero-order valence-corrected chi connectivity index (χ0v) is 12.0. The van der Waals surface area contributed by atoms with Gasteiger partial charge in [0.15, 0.2) is 0 Å². The Labute approximate surface area is 118 Å². The zero-order valence-electron chi connectivity index (χ0n) is 10.4. The van der Waals surface area contributed by atoms with Crippen LogP contribution in [0.15, 0.2) is 34.9 Å². The number of ether oxygens (including phenoxy) is 1. The highest BCUT2D eigenvalue weighted by atomic mass is 79.9. The average Bonchev–Trinajstić information content (AvgIpc) is 2.32. The zero-order chi connectivity index (χ0) is 14.0. The van der Waals surface area contributed by atoms with E-state index in [0.717, 1.165) is 15.6 Å². The highest BCUT2D eigenvalue weighted by Gasteiger charge is 2.17. The van der Waals surface area contributed by atoms with Crippen molar-refractivity contribution in [2.45, 2.75) is 13.8 Å². The second-order valence-corrected chi connectivity index (χ2v) is 5.02. The van der Waals surface area contributed by atoms with Gasteiger partial charge in [-0.1, -0.05) is 6.07 Å². The van der Waals surface area contributed by atoms with Gasteiger partial charge in [-0.2, -0.15) is 0 Å². The minimum Gasteiger partial charge on any atom is -0.432 e. The van der Waals surface area contributed by atoms with Crippen LogP contribution in [0.4, 0.5) is 5.69 Å². The molecule has 1 aromatic carbocycles. The number of aryl methyl sites for hydroxylation is 2. The second-order valence-electron chi connectivity index (χ2n) is 4.11. The fourth-order valence-electron chi connectivity index (χ4n) is 1.59. The number of aromatic nitrogens is 1. The van der Waals surface area contributed by atoms with Gasteiger partial charge in [-0.05, 0) is 47.5 Å². The number of nitrogens with zero attached hydrogens (tertiary/aromatic N) is 2. The first kappa shape index (κ1) is 13.5. The number of hydrogen-bond acceptors (Lipinski definition) is 4. The molecule has 0 saturated carbocycles. The van der Waals surface area contributed by atoms with Crippen molar-refractivity contribution in [3.05, 3.63) is 56.2 Å². The van der Waals surface area contributed by atoms with Crippen LogP contribution in [0.2, 0.25) is 0 Å². The lowest BCUT2D eigenvalue weighted by atomic mass is 10.2. The summed E-state index contributed by atoms with van der Waals surface area (Å²) in [5.74, 6) is 0.555. The van der Waals surface area contributed by atoms with Crippen molar-refractivity contribution in [3.8, 4) is 11.6 Å². The van der Waals surface area contributed by atoms with Gasteiger partial charge in [0.2, 0.25) is 11.6 Å². The number of hydrogen-bond donors (Lipinski definition) is 0. The molecule has 1 heterocycles. The number of benzene rings is 1. The van der Waals surface area contributed by atoms with E-state index in [9.17, 15) is 10.1 Å². The van der Waals surface area contributed by atoms with Crippen LogP contribution in [0.5, 0.6) is 11.6 Å². The molecular weight excluding hydrogens is 312 g/mol. The molecule has 1 aromatic heterocycles. The molecule has 0 fully saturated rings. The first-order chi connectivity index (χ1) is 8.97. The van der Waals surface area contributed by atoms with E-state index in [2.05, 4.69) is 20.9 Å². The third kappa shape index (κ3) is 3.08. The van der Waals surface area contributed by atoms with Crippen LogP contribution >= 0.6 is 15.9 Å². The number of pyridine rings is 1. The van der Waals surface area contributed by atoms with E-state index in [-0.39, 0.29) is 11.4 Å². The SMILES string of the molecule is Cc1ccc([N+](=O)[O-])c(Oc2ncc(Br)cc2C)c1. The monoisotopic (exact) mass is 322 g/mol. The van der Waals surface area contributed by atoms with E-state index >= 15 is 0 Å². The molecule has 5 nitrogen and oxygen atoms in total. The maximum Gasteiger partial charge on any atom is 0.311 e. The first-order valence-electron chi connectivity index (χ1n) is 5.52. The summed E-state index contributed by atoms with van der Waals surface area (Å²) in [6, 6.07) is 6.57. The summed E-state index contributed by atoms with van der Waals surface area (Å²) in [7, 11) is 0. The summed E-state index contributed by atoms with van der Waals surface area (Å²) in [6.45, 7) is 3.67. The molecule has 0 aliphatic carbocycles. The standard InChI is InChI=1S/C13H11BrN2O3/c1-8-3-4-11(16(17)18)12(5-8)19-13-9(2)6-10(14)7-15-13/h3-7H,1-2H3. The summed E-state index contributed by atoms with van der Waals surface area (Å²) in [5, 5.41) is 11.0. The Balaban J connectivity index is 2.42. The van der Waals surface area contributed by atoms with E-state index in [4.69, 9.17) is 4.74 Å². The Morgan fingerprint density at radius 3 is 2.68 bits per heavy atom. The lowest BCUT2D eigenvalue weighted by molar-refractivity contribution is -0.385. The van der Waals surface area contributed by atoms with Crippen LogP contribution in [0.1, 0.15) is 11.1 Å². The molecular formula is C13H11BrN2O3. The molecule has 0 aliphatic heterocycles. The number of nitro groups is 1. The Morgan fingerprint density at radius 1 is 1.32 bits per heavy atom. The molecule has 19 heavy (non-hydrogen) atoms. The van der Waals surface area contributed by atoms with E-state index in [0.29, 0.717) is 5.88 Å². The predicted octanol–water partition coefficient (Wildman–Crippen LogP) is 4.16. The molecule has 0 atom stereocenters. The Hall–Kier alpha value is -1.95. The van der Waals surface area contributed by atoms with Crippen LogP contribution in [0.25, 0.3) is 0 Å². The molecule has 0 radical (unpaired) electrons. The average molecular weight is 323 g/mol. The lowest BCUT2D eigenvalue weighted by Crippen LogP contribution is -1.96. The maximum absolute atomic E-state index is 11.0. The number of halogens is 1. The van der Waals surface area contributed by atoms with E-state index in [1.54, 1.807) is 18.3 Å². The fraction of sp³-hybridized carbons (Fsp3) is 0.154. The quantitative estimate of drug-likeness (QED) is 0.628. The van der Waals surface area contributed by atoms with Crippen LogP contribution in [0, 0.1) is 24.0 Å². The van der Waals surface area contributed by atoms with Crippen molar-refractivity contribution in [2.75, 3.05) is 0 Å². The van der Waals surface area contributed by atoms with Crippen molar-refractivity contribution < 1.29 is 9.66 Å². The summed E-state index contributed by atoms with van der Waals surface area (Å²) >= 11 is 3.30. The Kier molecular flexibility index (Phi) is 3.80. The van der Waals surface area contributed by atoms with Gasteiger partial charge in [0.25, 0.3) is 0 Å². The molecule has 0 bridgehead atoms. The fourth-order valence-corrected chi connectivity index (χ4v) is 2.04. The molecule has 0 spiro atoms. The summed E-state index contributed by atoms with van der Waals surface area (Å²) < 4.78 is 6.39.